The third-order valence-corrected chi connectivity index (χ3v) is 3.92. The third-order valence-electron chi connectivity index (χ3n) is 3.92. The van der Waals surface area contributed by atoms with Gasteiger partial charge < -0.3 is 5.32 Å². The second kappa shape index (κ2) is 5.65. The summed E-state index contributed by atoms with van der Waals surface area (Å²) in [7, 11) is 2.06. The molecule has 0 spiro atoms. The Labute approximate surface area is 105 Å². The minimum Gasteiger partial charge on any atom is -0.319 e. The molecule has 1 aromatic carbocycles. The highest BCUT2D eigenvalue weighted by Crippen LogP contribution is 2.36. The van der Waals surface area contributed by atoms with Crippen LogP contribution in [0.2, 0.25) is 0 Å². The molecule has 94 valence electrons. The number of hydrogen-bond donors (Lipinski definition) is 1. The summed E-state index contributed by atoms with van der Waals surface area (Å²) >= 11 is 0. The van der Waals surface area contributed by atoms with Crippen LogP contribution >= 0.6 is 0 Å². The largest absolute Gasteiger partial charge is 0.319 e. The predicted octanol–water partition coefficient (Wildman–Crippen LogP) is 2.60. The van der Waals surface area contributed by atoms with Gasteiger partial charge in [0.05, 0.1) is 0 Å². The molecule has 0 radical (unpaired) electrons. The summed E-state index contributed by atoms with van der Waals surface area (Å²) in [5, 5.41) is 3.34. The fourth-order valence-corrected chi connectivity index (χ4v) is 3.00. The van der Waals surface area contributed by atoms with Crippen LogP contribution in [0.15, 0.2) is 24.3 Å². The molecular formula is C15H24N2. The molecule has 0 saturated carbocycles. The van der Waals surface area contributed by atoms with Crippen molar-refractivity contribution in [3.63, 3.8) is 0 Å². The van der Waals surface area contributed by atoms with Crippen LogP contribution in [0.4, 0.5) is 0 Å². The van der Waals surface area contributed by atoms with E-state index in [4.69, 9.17) is 0 Å². The third kappa shape index (κ3) is 2.70. The number of likely N-dealkylation sites (tertiary alicyclic amines) is 1. The molecule has 1 aliphatic heterocycles. The van der Waals surface area contributed by atoms with Crippen LogP contribution in [0.1, 0.15) is 30.5 Å². The Morgan fingerprint density at radius 2 is 2.00 bits per heavy atom. The lowest BCUT2D eigenvalue weighted by atomic mass is 9.93. The number of benzene rings is 1. The molecule has 0 amide bonds. The lowest BCUT2D eigenvalue weighted by molar-refractivity contribution is 0.238. The fraction of sp³-hybridized carbons (Fsp3) is 0.600. The molecule has 1 N–H and O–H groups in total. The van der Waals surface area contributed by atoms with Crippen molar-refractivity contribution in [2.45, 2.75) is 26.3 Å². The van der Waals surface area contributed by atoms with Crippen molar-refractivity contribution >= 4 is 0 Å². The Morgan fingerprint density at radius 1 is 1.29 bits per heavy atom. The van der Waals surface area contributed by atoms with Gasteiger partial charge in [0.15, 0.2) is 0 Å². The van der Waals surface area contributed by atoms with Gasteiger partial charge in [-0.05, 0) is 51.5 Å². The average molecular weight is 232 g/mol. The van der Waals surface area contributed by atoms with Gasteiger partial charge in [0.1, 0.15) is 0 Å². The summed E-state index contributed by atoms with van der Waals surface area (Å²) in [5.41, 5.74) is 2.83. The Bertz CT molecular complexity index is 344. The van der Waals surface area contributed by atoms with E-state index in [0.717, 1.165) is 19.0 Å². The number of nitrogens with one attached hydrogen (secondary N) is 1. The van der Waals surface area contributed by atoms with Gasteiger partial charge in [0.25, 0.3) is 0 Å². The van der Waals surface area contributed by atoms with Crippen LogP contribution in [-0.4, -0.2) is 31.6 Å². The van der Waals surface area contributed by atoms with Gasteiger partial charge >= 0.3 is 0 Å². The number of rotatable bonds is 4. The highest BCUT2D eigenvalue weighted by Gasteiger charge is 2.33. The Hall–Kier alpha value is -0.860. The van der Waals surface area contributed by atoms with E-state index in [1.807, 2.05) is 0 Å². The quantitative estimate of drug-likeness (QED) is 0.858. The zero-order valence-corrected chi connectivity index (χ0v) is 11.2. The summed E-state index contributed by atoms with van der Waals surface area (Å²) in [6.45, 7) is 7.93. The van der Waals surface area contributed by atoms with Gasteiger partial charge in [-0.25, -0.2) is 0 Å². The molecule has 1 aliphatic rings. The molecular weight excluding hydrogens is 208 g/mol. The Kier molecular flexibility index (Phi) is 4.19. The molecule has 2 unspecified atom stereocenters. The molecule has 2 nitrogen and oxygen atoms in total. The summed E-state index contributed by atoms with van der Waals surface area (Å²) in [4.78, 5) is 2.60. The maximum Gasteiger partial charge on any atom is 0.0388 e. The normalized spacial score (nSPS) is 25.4. The van der Waals surface area contributed by atoms with Crippen molar-refractivity contribution in [3.05, 3.63) is 35.4 Å². The van der Waals surface area contributed by atoms with Gasteiger partial charge in [-0.15, -0.1) is 0 Å². The first-order valence-electron chi connectivity index (χ1n) is 6.71. The summed E-state index contributed by atoms with van der Waals surface area (Å²) in [6.07, 6.45) is 1.31. The van der Waals surface area contributed by atoms with Crippen LogP contribution in [-0.2, 0) is 0 Å². The summed E-state index contributed by atoms with van der Waals surface area (Å²) in [6, 6.07) is 9.68. The average Bonchev–Trinajstić information content (AvgIpc) is 2.74. The van der Waals surface area contributed by atoms with Crippen molar-refractivity contribution in [2.24, 2.45) is 5.92 Å². The summed E-state index contributed by atoms with van der Waals surface area (Å²) in [5.74, 6) is 0.752. The molecule has 0 aliphatic carbocycles. The topological polar surface area (TPSA) is 15.3 Å². The van der Waals surface area contributed by atoms with Crippen LogP contribution < -0.4 is 5.32 Å². The lowest BCUT2D eigenvalue weighted by Gasteiger charge is -2.27. The smallest absolute Gasteiger partial charge is 0.0388 e. The number of nitrogens with zero attached hydrogens (tertiary/aromatic N) is 1. The SMILES string of the molecule is CCN1CCC(CNC)C1c1ccc(C)cc1. The van der Waals surface area contributed by atoms with E-state index in [0.29, 0.717) is 6.04 Å². The number of aryl methyl sites for hydroxylation is 1. The first kappa shape index (κ1) is 12.6. The fourth-order valence-electron chi connectivity index (χ4n) is 3.00. The summed E-state index contributed by atoms with van der Waals surface area (Å²) < 4.78 is 0. The maximum absolute atomic E-state index is 3.34. The van der Waals surface area contributed by atoms with Crippen LogP contribution in [0.3, 0.4) is 0 Å². The molecule has 1 aromatic rings. The zero-order valence-electron chi connectivity index (χ0n) is 11.2. The monoisotopic (exact) mass is 232 g/mol. The minimum absolute atomic E-state index is 0.605. The molecule has 0 aromatic heterocycles. The second-order valence-corrected chi connectivity index (χ2v) is 5.09. The van der Waals surface area contributed by atoms with Crippen molar-refractivity contribution in [1.29, 1.82) is 0 Å². The highest BCUT2D eigenvalue weighted by atomic mass is 15.2. The molecule has 0 bridgehead atoms. The van der Waals surface area contributed by atoms with Crippen molar-refractivity contribution in [1.82, 2.24) is 10.2 Å². The van der Waals surface area contributed by atoms with Crippen molar-refractivity contribution < 1.29 is 0 Å². The Morgan fingerprint density at radius 3 is 2.59 bits per heavy atom. The van der Waals surface area contributed by atoms with Gasteiger partial charge in [0.2, 0.25) is 0 Å². The zero-order chi connectivity index (χ0) is 12.3. The molecule has 2 rings (SSSR count). The van der Waals surface area contributed by atoms with E-state index >= 15 is 0 Å². The van der Waals surface area contributed by atoms with E-state index in [2.05, 4.69) is 55.4 Å². The van der Waals surface area contributed by atoms with Crippen molar-refractivity contribution in [3.8, 4) is 0 Å². The van der Waals surface area contributed by atoms with Gasteiger partial charge in [0, 0.05) is 6.04 Å². The van der Waals surface area contributed by atoms with Gasteiger partial charge in [-0.3, -0.25) is 4.90 Å². The predicted molar refractivity (Wildman–Crippen MR) is 73.2 cm³/mol. The molecule has 2 heteroatoms. The minimum atomic E-state index is 0.605. The van der Waals surface area contributed by atoms with E-state index in [9.17, 15) is 0 Å². The number of hydrogen-bond acceptors (Lipinski definition) is 2. The van der Waals surface area contributed by atoms with E-state index < -0.39 is 0 Å². The van der Waals surface area contributed by atoms with Gasteiger partial charge in [-0.1, -0.05) is 36.8 Å². The second-order valence-electron chi connectivity index (χ2n) is 5.09. The molecule has 1 heterocycles. The maximum atomic E-state index is 3.34. The van der Waals surface area contributed by atoms with Gasteiger partial charge in [-0.2, -0.15) is 0 Å². The Balaban J connectivity index is 2.21. The van der Waals surface area contributed by atoms with Crippen LogP contribution in [0.5, 0.6) is 0 Å². The molecule has 2 atom stereocenters. The van der Waals surface area contributed by atoms with Crippen LogP contribution in [0, 0.1) is 12.8 Å². The molecule has 1 fully saturated rings. The molecule has 1 saturated heterocycles. The van der Waals surface area contributed by atoms with Crippen LogP contribution in [0.25, 0.3) is 0 Å². The molecule has 17 heavy (non-hydrogen) atoms. The van der Waals surface area contributed by atoms with E-state index in [1.165, 1.54) is 24.1 Å². The van der Waals surface area contributed by atoms with E-state index in [1.54, 1.807) is 0 Å². The standard InChI is InChI=1S/C15H24N2/c1-4-17-10-9-14(11-16-3)15(17)13-7-5-12(2)6-8-13/h5-8,14-16H,4,9-11H2,1-3H3. The highest BCUT2D eigenvalue weighted by molar-refractivity contribution is 5.25. The first-order valence-corrected chi connectivity index (χ1v) is 6.71. The first-order chi connectivity index (χ1) is 8.26. The van der Waals surface area contributed by atoms with E-state index in [-0.39, 0.29) is 0 Å². The lowest BCUT2D eigenvalue weighted by Crippen LogP contribution is -2.29. The van der Waals surface area contributed by atoms with Crippen molar-refractivity contribution in [2.75, 3.05) is 26.7 Å².